The molecule has 0 aliphatic rings. The normalized spacial score (nSPS) is 11.5. The van der Waals surface area contributed by atoms with Gasteiger partial charge in [-0.2, -0.15) is 0 Å². The molecule has 90 valence electrons. The predicted octanol–water partition coefficient (Wildman–Crippen LogP) is 1.77. The number of oxime groups is 1. The standard InChI is InChI=1S/C11H11BrN2O3/c1-16-10(15)6-7-17-14-11(13)8-2-4-9(12)5-3-8/h2-7H,1H3,(H2,13,14)/b7-6+. The molecule has 0 saturated carbocycles. The first kappa shape index (κ1) is 13.2. The summed E-state index contributed by atoms with van der Waals surface area (Å²) < 4.78 is 5.31. The number of esters is 1. The molecule has 0 spiro atoms. The van der Waals surface area contributed by atoms with Crippen LogP contribution in [0.1, 0.15) is 5.56 Å². The Kier molecular flexibility index (Phi) is 5.22. The maximum absolute atomic E-state index is 10.7. The minimum absolute atomic E-state index is 0.215. The van der Waals surface area contributed by atoms with Gasteiger partial charge in [-0.1, -0.05) is 33.2 Å². The lowest BCUT2D eigenvalue weighted by Gasteiger charge is -1.99. The number of methoxy groups -OCH3 is 1. The van der Waals surface area contributed by atoms with Crippen LogP contribution in [-0.2, 0) is 14.4 Å². The second-order valence-corrected chi connectivity index (χ2v) is 3.83. The van der Waals surface area contributed by atoms with Gasteiger partial charge in [-0.05, 0) is 12.1 Å². The number of halogens is 1. The molecule has 1 rings (SSSR count). The maximum atomic E-state index is 10.7. The largest absolute Gasteiger partial charge is 0.466 e. The molecule has 0 heterocycles. The number of ether oxygens (including phenoxy) is 1. The van der Waals surface area contributed by atoms with Gasteiger partial charge in [0, 0.05) is 10.0 Å². The molecule has 0 saturated heterocycles. The molecule has 6 heteroatoms. The van der Waals surface area contributed by atoms with Crippen molar-refractivity contribution in [1.29, 1.82) is 0 Å². The number of carbonyl (C=O) groups is 1. The fourth-order valence-electron chi connectivity index (χ4n) is 0.915. The zero-order chi connectivity index (χ0) is 12.7. The van der Waals surface area contributed by atoms with Crippen molar-refractivity contribution in [3.8, 4) is 0 Å². The number of rotatable bonds is 4. The average Bonchev–Trinajstić information content (AvgIpc) is 2.34. The second kappa shape index (κ2) is 6.70. The van der Waals surface area contributed by atoms with E-state index in [9.17, 15) is 4.79 Å². The minimum atomic E-state index is -0.526. The summed E-state index contributed by atoms with van der Waals surface area (Å²) in [6.07, 6.45) is 2.19. The Labute approximate surface area is 107 Å². The molecule has 0 aliphatic heterocycles. The topological polar surface area (TPSA) is 73.9 Å². The summed E-state index contributed by atoms with van der Waals surface area (Å²) in [5.41, 5.74) is 6.38. The molecular weight excluding hydrogens is 288 g/mol. The molecule has 0 bridgehead atoms. The molecule has 1 aromatic carbocycles. The molecule has 0 atom stereocenters. The summed E-state index contributed by atoms with van der Waals surface area (Å²) >= 11 is 3.31. The molecule has 2 N–H and O–H groups in total. The molecule has 17 heavy (non-hydrogen) atoms. The Balaban J connectivity index is 2.58. The van der Waals surface area contributed by atoms with Gasteiger partial charge in [0.15, 0.2) is 5.84 Å². The van der Waals surface area contributed by atoms with Crippen LogP contribution in [0.25, 0.3) is 0 Å². The van der Waals surface area contributed by atoms with Crippen LogP contribution >= 0.6 is 15.9 Å². The lowest BCUT2D eigenvalue weighted by Crippen LogP contribution is -2.13. The minimum Gasteiger partial charge on any atom is -0.466 e. The molecule has 1 aromatic rings. The molecule has 0 unspecified atom stereocenters. The average molecular weight is 299 g/mol. The zero-order valence-corrected chi connectivity index (χ0v) is 10.7. The predicted molar refractivity (Wildman–Crippen MR) is 67.1 cm³/mol. The summed E-state index contributed by atoms with van der Waals surface area (Å²) in [5.74, 6) is -0.311. The third-order valence-electron chi connectivity index (χ3n) is 1.76. The fraction of sp³-hybridized carbons (Fsp3) is 0.0909. The monoisotopic (exact) mass is 298 g/mol. The highest BCUT2D eigenvalue weighted by atomic mass is 79.9. The first-order valence-corrected chi connectivity index (χ1v) is 5.42. The van der Waals surface area contributed by atoms with E-state index in [1.165, 1.54) is 7.11 Å². The van der Waals surface area contributed by atoms with Crippen molar-refractivity contribution >= 4 is 27.7 Å². The van der Waals surface area contributed by atoms with E-state index < -0.39 is 5.97 Å². The lowest BCUT2D eigenvalue weighted by molar-refractivity contribution is -0.134. The van der Waals surface area contributed by atoms with Crippen molar-refractivity contribution in [3.63, 3.8) is 0 Å². The summed E-state index contributed by atoms with van der Waals surface area (Å²) in [7, 11) is 1.27. The highest BCUT2D eigenvalue weighted by Crippen LogP contribution is 2.10. The molecule has 0 radical (unpaired) electrons. The van der Waals surface area contributed by atoms with Crippen LogP contribution in [-0.4, -0.2) is 18.9 Å². The van der Waals surface area contributed by atoms with Gasteiger partial charge in [-0.15, -0.1) is 0 Å². The Morgan fingerprint density at radius 3 is 2.65 bits per heavy atom. The van der Waals surface area contributed by atoms with Gasteiger partial charge in [0.25, 0.3) is 0 Å². The van der Waals surface area contributed by atoms with Gasteiger partial charge < -0.3 is 15.3 Å². The van der Waals surface area contributed by atoms with E-state index >= 15 is 0 Å². The first-order chi connectivity index (χ1) is 8.13. The summed E-state index contributed by atoms with van der Waals surface area (Å²) in [6, 6.07) is 7.25. The van der Waals surface area contributed by atoms with Gasteiger partial charge in [0.2, 0.25) is 0 Å². The number of carbonyl (C=O) groups excluding carboxylic acids is 1. The van der Waals surface area contributed by atoms with Gasteiger partial charge in [-0.3, -0.25) is 0 Å². The highest BCUT2D eigenvalue weighted by molar-refractivity contribution is 9.10. The smallest absolute Gasteiger partial charge is 0.333 e. The lowest BCUT2D eigenvalue weighted by atomic mass is 10.2. The van der Waals surface area contributed by atoms with E-state index in [1.807, 2.05) is 12.1 Å². The zero-order valence-electron chi connectivity index (χ0n) is 9.09. The van der Waals surface area contributed by atoms with Crippen molar-refractivity contribution in [3.05, 3.63) is 46.6 Å². The van der Waals surface area contributed by atoms with Crippen molar-refractivity contribution in [1.82, 2.24) is 0 Å². The molecule has 0 aromatic heterocycles. The van der Waals surface area contributed by atoms with Crippen LogP contribution in [0.5, 0.6) is 0 Å². The van der Waals surface area contributed by atoms with E-state index in [0.29, 0.717) is 0 Å². The molecule has 0 amide bonds. The summed E-state index contributed by atoms with van der Waals surface area (Å²) in [5, 5.41) is 3.61. The number of hydrogen-bond donors (Lipinski definition) is 1. The van der Waals surface area contributed by atoms with Crippen LogP contribution < -0.4 is 5.73 Å². The Morgan fingerprint density at radius 2 is 2.06 bits per heavy atom. The second-order valence-electron chi connectivity index (χ2n) is 2.91. The Hall–Kier alpha value is -1.82. The number of hydrogen-bond acceptors (Lipinski definition) is 4. The quantitative estimate of drug-likeness (QED) is 0.230. The van der Waals surface area contributed by atoms with Gasteiger partial charge >= 0.3 is 5.97 Å². The van der Waals surface area contributed by atoms with Crippen molar-refractivity contribution in [2.75, 3.05) is 7.11 Å². The van der Waals surface area contributed by atoms with Crippen molar-refractivity contribution < 1.29 is 14.4 Å². The van der Waals surface area contributed by atoms with Crippen LogP contribution in [0, 0.1) is 0 Å². The van der Waals surface area contributed by atoms with Crippen LogP contribution in [0.3, 0.4) is 0 Å². The highest BCUT2D eigenvalue weighted by Gasteiger charge is 1.98. The number of nitrogens with two attached hydrogens (primary N) is 1. The Morgan fingerprint density at radius 1 is 1.41 bits per heavy atom. The molecule has 0 aliphatic carbocycles. The SMILES string of the molecule is COC(=O)/C=C/O/N=C(\N)c1ccc(Br)cc1. The van der Waals surface area contributed by atoms with E-state index in [2.05, 4.69) is 25.8 Å². The van der Waals surface area contributed by atoms with Crippen LogP contribution in [0.4, 0.5) is 0 Å². The van der Waals surface area contributed by atoms with E-state index in [4.69, 9.17) is 10.6 Å². The summed E-state index contributed by atoms with van der Waals surface area (Å²) in [4.78, 5) is 15.4. The third kappa shape index (κ3) is 4.69. The van der Waals surface area contributed by atoms with E-state index in [1.54, 1.807) is 12.1 Å². The van der Waals surface area contributed by atoms with Gasteiger partial charge in [0.1, 0.15) is 6.26 Å². The van der Waals surface area contributed by atoms with Crippen molar-refractivity contribution in [2.24, 2.45) is 10.9 Å². The van der Waals surface area contributed by atoms with E-state index in [-0.39, 0.29) is 5.84 Å². The van der Waals surface area contributed by atoms with Crippen molar-refractivity contribution in [2.45, 2.75) is 0 Å². The molecule has 5 nitrogen and oxygen atoms in total. The maximum Gasteiger partial charge on any atom is 0.333 e. The molecule has 0 fully saturated rings. The fourth-order valence-corrected chi connectivity index (χ4v) is 1.18. The van der Waals surface area contributed by atoms with Gasteiger partial charge in [-0.25, -0.2) is 4.79 Å². The van der Waals surface area contributed by atoms with Crippen LogP contribution in [0.15, 0.2) is 46.2 Å². The first-order valence-electron chi connectivity index (χ1n) is 4.63. The number of nitrogens with zero attached hydrogens (tertiary/aromatic N) is 1. The third-order valence-corrected chi connectivity index (χ3v) is 2.29. The number of benzene rings is 1. The molecular formula is C11H11BrN2O3. The Bertz CT molecular complexity index is 441. The number of amidine groups is 1. The summed E-state index contributed by atoms with van der Waals surface area (Å²) in [6.45, 7) is 0. The van der Waals surface area contributed by atoms with E-state index in [0.717, 1.165) is 22.4 Å². The van der Waals surface area contributed by atoms with Crippen LogP contribution in [0.2, 0.25) is 0 Å². The van der Waals surface area contributed by atoms with Gasteiger partial charge in [0.05, 0.1) is 13.2 Å².